The highest BCUT2D eigenvalue weighted by Crippen LogP contribution is 2.69. The molecule has 0 aliphatic heterocycles. The van der Waals surface area contributed by atoms with Gasteiger partial charge in [-0.25, -0.2) is 13.1 Å². The summed E-state index contributed by atoms with van der Waals surface area (Å²) in [5.74, 6) is 3.42. The molecule has 0 spiro atoms. The van der Waals surface area contributed by atoms with Gasteiger partial charge in [-0.05, 0) is 122 Å². The smallest absolute Gasteiger partial charge is 0.240 e. The third-order valence-corrected chi connectivity index (χ3v) is 13.8. The summed E-state index contributed by atoms with van der Waals surface area (Å²) in [6.45, 7) is 10.1. The predicted molar refractivity (Wildman–Crippen MR) is 152 cm³/mol. The van der Waals surface area contributed by atoms with E-state index in [9.17, 15) is 18.6 Å². The largest absolute Gasteiger partial charge is 0.393 e. The van der Waals surface area contributed by atoms with Crippen LogP contribution in [-0.2, 0) is 10.0 Å². The first kappa shape index (κ1) is 28.6. The van der Waals surface area contributed by atoms with Crippen molar-refractivity contribution in [3.8, 4) is 0 Å². The van der Waals surface area contributed by atoms with Gasteiger partial charge in [0.15, 0.2) is 0 Å². The first-order valence-electron chi connectivity index (χ1n) is 15.4. The minimum Gasteiger partial charge on any atom is -0.393 e. The van der Waals surface area contributed by atoms with Crippen LogP contribution < -0.4 is 4.72 Å². The molecule has 0 saturated heterocycles. The van der Waals surface area contributed by atoms with Gasteiger partial charge in [0.2, 0.25) is 10.0 Å². The van der Waals surface area contributed by atoms with Crippen LogP contribution in [0.4, 0.5) is 0 Å². The summed E-state index contributed by atoms with van der Waals surface area (Å²) in [5.41, 5.74) is 0.492. The fourth-order valence-electron chi connectivity index (χ4n) is 10.4. The van der Waals surface area contributed by atoms with Crippen LogP contribution in [0, 0.1) is 52.3 Å². The molecule has 0 bridgehead atoms. The van der Waals surface area contributed by atoms with E-state index in [4.69, 9.17) is 0 Å². The van der Waals surface area contributed by atoms with Crippen molar-refractivity contribution >= 4 is 10.0 Å². The lowest BCUT2D eigenvalue weighted by molar-refractivity contribution is -0.203. The Morgan fingerprint density at radius 3 is 2.37 bits per heavy atom. The molecular formula is C32H51NO4S. The van der Waals surface area contributed by atoms with Gasteiger partial charge in [0.05, 0.1) is 17.1 Å². The number of benzene rings is 1. The van der Waals surface area contributed by atoms with Crippen LogP contribution >= 0.6 is 0 Å². The van der Waals surface area contributed by atoms with E-state index < -0.39 is 10.0 Å². The maximum absolute atomic E-state index is 12.6. The number of aliphatic hydroxyl groups excluding tert-OH is 2. The molecular weight excluding hydrogens is 494 g/mol. The SMILES string of the molecule is CC[C@H]1[C@@H](O)[C@H]2C3CCC([C@H](C)CCCNS(=O)(=O)c4ccccc4)C3(C)CCC2C2(C)CC[C@@H](O)C[C@H]12. The van der Waals surface area contributed by atoms with E-state index >= 15 is 0 Å². The van der Waals surface area contributed by atoms with Crippen molar-refractivity contribution in [2.24, 2.45) is 52.3 Å². The number of rotatable bonds is 8. The Hall–Kier alpha value is -0.950. The highest BCUT2D eigenvalue weighted by molar-refractivity contribution is 7.89. The van der Waals surface area contributed by atoms with Gasteiger partial charge in [0.1, 0.15) is 0 Å². The molecule has 0 radical (unpaired) electrons. The average molecular weight is 546 g/mol. The third-order valence-electron chi connectivity index (χ3n) is 12.3. The van der Waals surface area contributed by atoms with Crippen LogP contribution in [0.3, 0.4) is 0 Å². The quantitative estimate of drug-likeness (QED) is 0.349. The number of fused-ring (bicyclic) bond motifs is 5. The van der Waals surface area contributed by atoms with Gasteiger partial charge in [-0.1, -0.05) is 52.3 Å². The van der Waals surface area contributed by atoms with Crippen molar-refractivity contribution in [1.29, 1.82) is 0 Å². The van der Waals surface area contributed by atoms with Crippen LogP contribution in [0.2, 0.25) is 0 Å². The monoisotopic (exact) mass is 545 g/mol. The number of hydrogen-bond donors (Lipinski definition) is 3. The maximum atomic E-state index is 12.6. The normalized spacial score (nSPS) is 43.6. The van der Waals surface area contributed by atoms with Gasteiger partial charge in [0, 0.05) is 6.54 Å². The summed E-state index contributed by atoms with van der Waals surface area (Å²) in [5, 5.41) is 22.4. The zero-order valence-corrected chi connectivity index (χ0v) is 24.8. The second kappa shape index (κ2) is 10.8. The van der Waals surface area contributed by atoms with Crippen LogP contribution in [0.25, 0.3) is 0 Å². The summed E-state index contributed by atoms with van der Waals surface area (Å²) in [6, 6.07) is 8.62. The van der Waals surface area contributed by atoms with Crippen molar-refractivity contribution in [2.45, 2.75) is 109 Å². The molecule has 0 heterocycles. The summed E-state index contributed by atoms with van der Waals surface area (Å²) < 4.78 is 28.0. The fourth-order valence-corrected chi connectivity index (χ4v) is 11.5. The van der Waals surface area contributed by atoms with E-state index in [0.717, 1.165) is 38.5 Å². The average Bonchev–Trinajstić information content (AvgIpc) is 3.25. The van der Waals surface area contributed by atoms with Gasteiger partial charge in [-0.3, -0.25) is 0 Å². The van der Waals surface area contributed by atoms with E-state index in [1.165, 1.54) is 25.7 Å². The van der Waals surface area contributed by atoms with Crippen molar-refractivity contribution in [2.75, 3.05) is 6.54 Å². The molecule has 5 rings (SSSR count). The molecule has 4 aliphatic rings. The lowest BCUT2D eigenvalue weighted by Gasteiger charge is -2.64. The van der Waals surface area contributed by atoms with Crippen molar-refractivity contribution < 1.29 is 18.6 Å². The van der Waals surface area contributed by atoms with Gasteiger partial charge in [0.25, 0.3) is 0 Å². The third kappa shape index (κ3) is 4.80. The summed E-state index contributed by atoms with van der Waals surface area (Å²) in [6.07, 6.45) is 10.2. The highest BCUT2D eigenvalue weighted by Gasteiger charge is 2.64. The minimum absolute atomic E-state index is 0.200. The molecule has 1 aromatic rings. The van der Waals surface area contributed by atoms with Crippen LogP contribution in [0.5, 0.6) is 0 Å². The predicted octanol–water partition coefficient (Wildman–Crippen LogP) is 6.01. The first-order valence-corrected chi connectivity index (χ1v) is 16.9. The number of aliphatic hydroxyl groups is 2. The van der Waals surface area contributed by atoms with E-state index in [-0.39, 0.29) is 23.0 Å². The Bertz CT molecular complexity index is 1060. The number of hydrogen-bond acceptors (Lipinski definition) is 4. The molecule has 5 unspecified atom stereocenters. The van der Waals surface area contributed by atoms with Crippen molar-refractivity contribution in [3.63, 3.8) is 0 Å². The molecule has 1 aromatic carbocycles. The molecule has 38 heavy (non-hydrogen) atoms. The Morgan fingerprint density at radius 1 is 0.974 bits per heavy atom. The highest BCUT2D eigenvalue weighted by atomic mass is 32.2. The van der Waals surface area contributed by atoms with Crippen LogP contribution in [0.15, 0.2) is 35.2 Å². The molecule has 5 nitrogen and oxygen atoms in total. The minimum atomic E-state index is -3.45. The summed E-state index contributed by atoms with van der Waals surface area (Å²) in [7, 11) is -3.45. The van der Waals surface area contributed by atoms with Gasteiger partial charge < -0.3 is 10.2 Å². The molecule has 0 amide bonds. The van der Waals surface area contributed by atoms with Crippen molar-refractivity contribution in [3.05, 3.63) is 30.3 Å². The summed E-state index contributed by atoms with van der Waals surface area (Å²) >= 11 is 0. The van der Waals surface area contributed by atoms with E-state index in [0.29, 0.717) is 52.9 Å². The zero-order valence-electron chi connectivity index (χ0n) is 24.0. The first-order chi connectivity index (χ1) is 18.0. The molecule has 0 aromatic heterocycles. The second-order valence-electron chi connectivity index (χ2n) is 14.0. The molecule has 4 fully saturated rings. The fraction of sp³-hybridized carbons (Fsp3) is 0.812. The molecule has 214 valence electrons. The lowest BCUT2D eigenvalue weighted by atomic mass is 9.41. The van der Waals surface area contributed by atoms with Crippen molar-refractivity contribution in [1.82, 2.24) is 4.72 Å². The topological polar surface area (TPSA) is 86.6 Å². The van der Waals surface area contributed by atoms with Gasteiger partial charge >= 0.3 is 0 Å². The second-order valence-corrected chi connectivity index (χ2v) is 15.7. The maximum Gasteiger partial charge on any atom is 0.240 e. The molecule has 3 N–H and O–H groups in total. The Kier molecular flexibility index (Phi) is 8.12. The van der Waals surface area contributed by atoms with Crippen LogP contribution in [0.1, 0.15) is 91.9 Å². The van der Waals surface area contributed by atoms with E-state index in [2.05, 4.69) is 32.4 Å². The number of nitrogens with one attached hydrogen (secondary N) is 1. The Labute approximate surface area is 231 Å². The molecule has 11 atom stereocenters. The standard InChI is InChI=1S/C32H51NO4S/c1-5-24-28-20-22(34)15-17-32(28,4)27-16-18-31(3)25(13-14-26(31)29(27)30(24)35)21(2)10-9-19-33-38(36,37)23-11-7-6-8-12-23/h6-8,11-12,21-22,24-30,33-35H,5,9-10,13-20H2,1-4H3/t21-,22-,24-,25?,26?,27?,28-,29+,30-,31?,32?/m1/s1. The number of sulfonamides is 1. The Morgan fingerprint density at radius 2 is 1.66 bits per heavy atom. The van der Waals surface area contributed by atoms with E-state index in [1.807, 2.05) is 6.07 Å². The Balaban J connectivity index is 1.25. The van der Waals surface area contributed by atoms with E-state index in [1.54, 1.807) is 24.3 Å². The van der Waals surface area contributed by atoms with Gasteiger partial charge in [-0.15, -0.1) is 0 Å². The molecule has 6 heteroatoms. The van der Waals surface area contributed by atoms with Crippen LogP contribution in [-0.4, -0.2) is 37.4 Å². The molecule has 4 aliphatic carbocycles. The molecule has 4 saturated carbocycles. The zero-order chi connectivity index (χ0) is 27.3. The van der Waals surface area contributed by atoms with Gasteiger partial charge in [-0.2, -0.15) is 0 Å². The lowest BCUT2D eigenvalue weighted by Crippen LogP contribution is -2.62. The summed E-state index contributed by atoms with van der Waals surface area (Å²) in [4.78, 5) is 0.329.